The van der Waals surface area contributed by atoms with Crippen molar-refractivity contribution in [2.75, 3.05) is 6.61 Å². The van der Waals surface area contributed by atoms with Gasteiger partial charge in [-0.25, -0.2) is 4.79 Å². The first-order valence-electron chi connectivity index (χ1n) is 10.3. The first kappa shape index (κ1) is 20.5. The van der Waals surface area contributed by atoms with Gasteiger partial charge in [0, 0.05) is 6.08 Å². The van der Waals surface area contributed by atoms with E-state index in [9.17, 15) is 4.79 Å². The van der Waals surface area contributed by atoms with Gasteiger partial charge < -0.3 is 9.84 Å². The van der Waals surface area contributed by atoms with Crippen LogP contribution in [0, 0.1) is 11.8 Å². The Morgan fingerprint density at radius 2 is 1.69 bits per heavy atom. The second-order valence-electron chi connectivity index (χ2n) is 7.64. The fraction of sp³-hybridized carbons (Fsp3) is 0.609. The van der Waals surface area contributed by atoms with Crippen molar-refractivity contribution in [3.05, 3.63) is 35.9 Å². The van der Waals surface area contributed by atoms with Crippen molar-refractivity contribution in [1.29, 1.82) is 0 Å². The van der Waals surface area contributed by atoms with Crippen LogP contribution in [-0.2, 0) is 4.79 Å². The minimum Gasteiger partial charge on any atom is -0.493 e. The molecule has 1 aliphatic rings. The van der Waals surface area contributed by atoms with Crippen LogP contribution in [0.5, 0.6) is 5.75 Å². The van der Waals surface area contributed by atoms with Crippen LogP contribution < -0.4 is 4.74 Å². The SMILES string of the molecule is CCCCCCC[C@H]1CC[C@H](COc2ccc(/C=C/C(=O)O)cc2)CC1. The van der Waals surface area contributed by atoms with Crippen molar-refractivity contribution in [2.24, 2.45) is 11.8 Å². The Morgan fingerprint density at radius 1 is 1.04 bits per heavy atom. The van der Waals surface area contributed by atoms with Crippen LogP contribution in [0.25, 0.3) is 6.08 Å². The molecular weight excluding hydrogens is 324 g/mol. The smallest absolute Gasteiger partial charge is 0.328 e. The molecule has 0 saturated heterocycles. The van der Waals surface area contributed by atoms with Gasteiger partial charge >= 0.3 is 5.97 Å². The van der Waals surface area contributed by atoms with Crippen molar-refractivity contribution in [2.45, 2.75) is 71.1 Å². The zero-order chi connectivity index (χ0) is 18.6. The number of benzene rings is 1. The molecule has 0 bridgehead atoms. The number of hydrogen-bond acceptors (Lipinski definition) is 2. The van der Waals surface area contributed by atoms with Gasteiger partial charge in [-0.15, -0.1) is 0 Å². The third-order valence-electron chi connectivity index (χ3n) is 5.47. The molecule has 0 spiro atoms. The minimum atomic E-state index is -0.929. The predicted molar refractivity (Wildman–Crippen MR) is 107 cm³/mol. The lowest BCUT2D eigenvalue weighted by Crippen LogP contribution is -2.20. The van der Waals surface area contributed by atoms with E-state index >= 15 is 0 Å². The van der Waals surface area contributed by atoms with Gasteiger partial charge in [-0.3, -0.25) is 0 Å². The Hall–Kier alpha value is -1.77. The van der Waals surface area contributed by atoms with E-state index in [2.05, 4.69) is 6.92 Å². The Balaban J connectivity index is 1.61. The van der Waals surface area contributed by atoms with Gasteiger partial charge in [0.15, 0.2) is 0 Å². The third-order valence-corrected chi connectivity index (χ3v) is 5.47. The zero-order valence-electron chi connectivity index (χ0n) is 16.2. The summed E-state index contributed by atoms with van der Waals surface area (Å²) in [6, 6.07) is 7.63. The lowest BCUT2D eigenvalue weighted by molar-refractivity contribution is -0.131. The Morgan fingerprint density at radius 3 is 2.35 bits per heavy atom. The topological polar surface area (TPSA) is 46.5 Å². The van der Waals surface area contributed by atoms with E-state index < -0.39 is 5.97 Å². The lowest BCUT2D eigenvalue weighted by Gasteiger charge is -2.28. The molecule has 2 rings (SSSR count). The van der Waals surface area contributed by atoms with Crippen molar-refractivity contribution >= 4 is 12.0 Å². The molecule has 26 heavy (non-hydrogen) atoms. The van der Waals surface area contributed by atoms with Crippen LogP contribution in [-0.4, -0.2) is 17.7 Å². The van der Waals surface area contributed by atoms with Crippen LogP contribution >= 0.6 is 0 Å². The van der Waals surface area contributed by atoms with Gasteiger partial charge in [0.2, 0.25) is 0 Å². The molecule has 0 aliphatic heterocycles. The highest BCUT2D eigenvalue weighted by Gasteiger charge is 2.21. The second-order valence-corrected chi connectivity index (χ2v) is 7.64. The molecule has 1 saturated carbocycles. The molecule has 1 fully saturated rings. The number of rotatable bonds is 11. The van der Waals surface area contributed by atoms with Gasteiger partial charge in [-0.2, -0.15) is 0 Å². The average Bonchev–Trinajstić information content (AvgIpc) is 2.66. The van der Waals surface area contributed by atoms with E-state index in [1.807, 2.05) is 24.3 Å². The van der Waals surface area contributed by atoms with Crippen molar-refractivity contribution in [3.63, 3.8) is 0 Å². The normalized spacial score (nSPS) is 20.3. The van der Waals surface area contributed by atoms with Crippen molar-refractivity contribution in [1.82, 2.24) is 0 Å². The summed E-state index contributed by atoms with van der Waals surface area (Å²) in [4.78, 5) is 10.5. The first-order chi connectivity index (χ1) is 12.7. The Labute approximate surface area is 158 Å². The zero-order valence-corrected chi connectivity index (χ0v) is 16.2. The van der Waals surface area contributed by atoms with Crippen LogP contribution in [0.15, 0.2) is 30.3 Å². The van der Waals surface area contributed by atoms with E-state index in [1.54, 1.807) is 6.08 Å². The first-order valence-corrected chi connectivity index (χ1v) is 10.3. The maximum absolute atomic E-state index is 10.5. The molecule has 0 heterocycles. The summed E-state index contributed by atoms with van der Waals surface area (Å²) >= 11 is 0. The molecular formula is C23H34O3. The standard InChI is InChI=1S/C23H34O3/c1-2-3-4-5-6-7-19-8-10-21(11-9-19)18-26-22-15-12-20(13-16-22)14-17-23(24)25/h12-17,19,21H,2-11,18H2,1H3,(H,24,25)/b17-14+/t19-,21-. The third kappa shape index (κ3) is 8.07. The number of ether oxygens (including phenoxy) is 1. The van der Waals surface area contributed by atoms with E-state index in [4.69, 9.17) is 9.84 Å². The highest BCUT2D eigenvalue weighted by atomic mass is 16.5. The summed E-state index contributed by atoms with van der Waals surface area (Å²) in [7, 11) is 0. The summed E-state index contributed by atoms with van der Waals surface area (Å²) in [5, 5.41) is 8.65. The molecule has 0 aromatic heterocycles. The molecule has 0 unspecified atom stereocenters. The quantitative estimate of drug-likeness (QED) is 0.371. The summed E-state index contributed by atoms with van der Waals surface area (Å²) < 4.78 is 5.95. The number of carboxylic acids is 1. The lowest BCUT2D eigenvalue weighted by atomic mass is 9.80. The van der Waals surface area contributed by atoms with Crippen molar-refractivity contribution < 1.29 is 14.6 Å². The number of hydrogen-bond donors (Lipinski definition) is 1. The number of aliphatic carboxylic acids is 1. The van der Waals surface area contributed by atoms with Crippen LogP contribution in [0.1, 0.15) is 76.7 Å². The number of carbonyl (C=O) groups is 1. The largest absolute Gasteiger partial charge is 0.493 e. The number of unbranched alkanes of at least 4 members (excludes halogenated alkanes) is 4. The van der Waals surface area contributed by atoms with Crippen LogP contribution in [0.2, 0.25) is 0 Å². The molecule has 144 valence electrons. The Bertz CT molecular complexity index is 539. The van der Waals surface area contributed by atoms with Gasteiger partial charge in [0.25, 0.3) is 0 Å². The van der Waals surface area contributed by atoms with E-state index in [-0.39, 0.29) is 0 Å². The van der Waals surface area contributed by atoms with Crippen LogP contribution in [0.4, 0.5) is 0 Å². The summed E-state index contributed by atoms with van der Waals surface area (Å²) in [6.45, 7) is 3.07. The van der Waals surface area contributed by atoms with Crippen molar-refractivity contribution in [3.8, 4) is 5.75 Å². The maximum Gasteiger partial charge on any atom is 0.328 e. The van der Waals surface area contributed by atoms with E-state index in [0.29, 0.717) is 5.92 Å². The summed E-state index contributed by atoms with van der Waals surface area (Å²) in [5.74, 6) is 1.56. The molecule has 3 nitrogen and oxygen atoms in total. The molecule has 3 heteroatoms. The summed E-state index contributed by atoms with van der Waals surface area (Å²) in [6.07, 6.45) is 16.4. The van der Waals surface area contributed by atoms with Crippen LogP contribution in [0.3, 0.4) is 0 Å². The second kappa shape index (κ2) is 11.8. The predicted octanol–water partition coefficient (Wildman–Crippen LogP) is 6.33. The fourth-order valence-electron chi connectivity index (χ4n) is 3.78. The minimum absolute atomic E-state index is 0.679. The van der Waals surface area contributed by atoms with Gasteiger partial charge in [0.1, 0.15) is 5.75 Å². The van der Waals surface area contributed by atoms with Gasteiger partial charge in [-0.05, 0) is 48.4 Å². The molecule has 1 aromatic carbocycles. The van der Waals surface area contributed by atoms with E-state index in [1.165, 1.54) is 64.2 Å². The monoisotopic (exact) mass is 358 g/mol. The Kier molecular flexibility index (Phi) is 9.30. The molecule has 0 radical (unpaired) electrons. The average molecular weight is 359 g/mol. The summed E-state index contributed by atoms with van der Waals surface area (Å²) in [5.41, 5.74) is 0.874. The van der Waals surface area contributed by atoms with Gasteiger partial charge in [0.05, 0.1) is 6.61 Å². The highest BCUT2D eigenvalue weighted by Crippen LogP contribution is 2.32. The molecule has 1 aliphatic carbocycles. The molecule has 1 aromatic rings. The molecule has 0 atom stereocenters. The van der Waals surface area contributed by atoms with Gasteiger partial charge in [-0.1, -0.05) is 70.4 Å². The van der Waals surface area contributed by atoms with E-state index in [0.717, 1.165) is 29.9 Å². The molecule has 1 N–H and O–H groups in total. The fourth-order valence-corrected chi connectivity index (χ4v) is 3.78. The molecule has 0 amide bonds. The maximum atomic E-state index is 10.5. The number of carboxylic acid groups (broad SMARTS) is 1. The highest BCUT2D eigenvalue weighted by molar-refractivity contribution is 5.85.